The van der Waals surface area contributed by atoms with Gasteiger partial charge in [-0.25, -0.2) is 0 Å². The highest BCUT2D eigenvalue weighted by molar-refractivity contribution is 4.79. The van der Waals surface area contributed by atoms with Crippen molar-refractivity contribution in [2.24, 2.45) is 5.92 Å². The third kappa shape index (κ3) is 2.80. The summed E-state index contributed by atoms with van der Waals surface area (Å²) in [5, 5.41) is 3.48. The zero-order valence-electron chi connectivity index (χ0n) is 7.60. The Kier molecular flexibility index (Phi) is 3.87. The van der Waals surface area contributed by atoms with Gasteiger partial charge in [-0.05, 0) is 31.7 Å². The van der Waals surface area contributed by atoms with Crippen molar-refractivity contribution in [1.82, 2.24) is 5.32 Å². The second kappa shape index (κ2) is 4.73. The van der Waals surface area contributed by atoms with Crippen LogP contribution in [0.5, 0.6) is 0 Å². The zero-order valence-corrected chi connectivity index (χ0v) is 7.60. The van der Waals surface area contributed by atoms with Gasteiger partial charge >= 0.3 is 0 Å². The topological polar surface area (TPSA) is 21.3 Å². The Morgan fingerprint density at radius 3 is 2.91 bits per heavy atom. The summed E-state index contributed by atoms with van der Waals surface area (Å²) in [4.78, 5) is 0. The first kappa shape index (κ1) is 9.01. The highest BCUT2D eigenvalue weighted by Crippen LogP contribution is 2.25. The molecule has 0 aromatic rings. The number of ether oxygens (including phenoxy) is 1. The number of nitrogens with one attached hydrogen (secondary N) is 1. The van der Waals surface area contributed by atoms with Crippen molar-refractivity contribution in [3.05, 3.63) is 0 Å². The van der Waals surface area contributed by atoms with Crippen LogP contribution in [0.3, 0.4) is 0 Å². The Hall–Kier alpha value is -0.0800. The largest absolute Gasteiger partial charge is 0.384 e. The van der Waals surface area contributed by atoms with E-state index in [9.17, 15) is 0 Å². The fourth-order valence-corrected chi connectivity index (χ4v) is 1.94. The van der Waals surface area contributed by atoms with Crippen molar-refractivity contribution < 1.29 is 4.74 Å². The maximum Gasteiger partial charge on any atom is 0.0491 e. The van der Waals surface area contributed by atoms with Crippen LogP contribution in [0.2, 0.25) is 0 Å². The van der Waals surface area contributed by atoms with Gasteiger partial charge in [0.15, 0.2) is 0 Å². The van der Waals surface area contributed by atoms with Gasteiger partial charge in [0.25, 0.3) is 0 Å². The third-order valence-corrected chi connectivity index (χ3v) is 2.44. The van der Waals surface area contributed by atoms with E-state index in [0.29, 0.717) is 0 Å². The summed E-state index contributed by atoms with van der Waals surface area (Å²) in [5.41, 5.74) is 0. The maximum atomic E-state index is 5.12. The number of rotatable bonds is 4. The van der Waals surface area contributed by atoms with Gasteiger partial charge in [-0.15, -0.1) is 0 Å². The second-order valence-electron chi connectivity index (χ2n) is 3.39. The molecule has 1 aliphatic rings. The molecule has 0 aliphatic heterocycles. The van der Waals surface area contributed by atoms with Crippen LogP contribution in [0, 0.1) is 5.92 Å². The molecular weight excluding hydrogens is 138 g/mol. The van der Waals surface area contributed by atoms with Crippen molar-refractivity contribution in [3.63, 3.8) is 0 Å². The SMILES string of the molecule is CCNC1CCC(COC)C1. The molecule has 2 heteroatoms. The minimum Gasteiger partial charge on any atom is -0.384 e. The van der Waals surface area contributed by atoms with Crippen LogP contribution in [0.15, 0.2) is 0 Å². The van der Waals surface area contributed by atoms with E-state index >= 15 is 0 Å². The van der Waals surface area contributed by atoms with Crippen molar-refractivity contribution in [3.8, 4) is 0 Å². The molecule has 1 fully saturated rings. The van der Waals surface area contributed by atoms with Crippen LogP contribution >= 0.6 is 0 Å². The fourth-order valence-electron chi connectivity index (χ4n) is 1.94. The average molecular weight is 157 g/mol. The molecule has 0 amide bonds. The smallest absolute Gasteiger partial charge is 0.0491 e. The summed E-state index contributed by atoms with van der Waals surface area (Å²) in [7, 11) is 1.79. The zero-order chi connectivity index (χ0) is 8.10. The molecule has 1 rings (SSSR count). The lowest BCUT2D eigenvalue weighted by molar-refractivity contribution is 0.154. The summed E-state index contributed by atoms with van der Waals surface area (Å²) in [6, 6.07) is 0.764. The van der Waals surface area contributed by atoms with E-state index in [1.807, 2.05) is 0 Å². The van der Waals surface area contributed by atoms with Crippen LogP contribution in [-0.2, 0) is 4.74 Å². The van der Waals surface area contributed by atoms with Gasteiger partial charge in [0, 0.05) is 19.8 Å². The lowest BCUT2D eigenvalue weighted by Crippen LogP contribution is -2.26. The van der Waals surface area contributed by atoms with Crippen LogP contribution < -0.4 is 5.32 Å². The molecule has 1 saturated carbocycles. The van der Waals surface area contributed by atoms with Gasteiger partial charge in [0.2, 0.25) is 0 Å². The summed E-state index contributed by atoms with van der Waals surface area (Å²) in [6.07, 6.45) is 3.98. The molecule has 0 bridgehead atoms. The quantitative estimate of drug-likeness (QED) is 0.666. The summed E-state index contributed by atoms with van der Waals surface area (Å²) in [6.45, 7) is 4.22. The van der Waals surface area contributed by atoms with Crippen LogP contribution in [0.4, 0.5) is 0 Å². The number of hydrogen-bond donors (Lipinski definition) is 1. The summed E-state index contributed by atoms with van der Waals surface area (Å²) in [5.74, 6) is 0.809. The Balaban J connectivity index is 2.12. The highest BCUT2D eigenvalue weighted by Gasteiger charge is 2.23. The molecule has 1 aliphatic carbocycles. The molecule has 66 valence electrons. The first-order valence-corrected chi connectivity index (χ1v) is 4.59. The fraction of sp³-hybridized carbons (Fsp3) is 1.00. The maximum absolute atomic E-state index is 5.12. The molecule has 0 aromatic heterocycles. The second-order valence-corrected chi connectivity index (χ2v) is 3.39. The highest BCUT2D eigenvalue weighted by atomic mass is 16.5. The normalized spacial score (nSPS) is 31.1. The monoisotopic (exact) mass is 157 g/mol. The lowest BCUT2D eigenvalue weighted by atomic mass is 10.1. The Bertz CT molecular complexity index is 93.7. The molecular formula is C9H19NO. The van der Waals surface area contributed by atoms with E-state index in [1.54, 1.807) is 7.11 Å². The third-order valence-electron chi connectivity index (χ3n) is 2.44. The molecule has 2 atom stereocenters. The summed E-state index contributed by atoms with van der Waals surface area (Å²) >= 11 is 0. The molecule has 2 nitrogen and oxygen atoms in total. The predicted octanol–water partition coefficient (Wildman–Crippen LogP) is 1.41. The van der Waals surface area contributed by atoms with Gasteiger partial charge in [0.05, 0.1) is 0 Å². The predicted molar refractivity (Wildman–Crippen MR) is 46.7 cm³/mol. The van der Waals surface area contributed by atoms with E-state index in [-0.39, 0.29) is 0 Å². The first-order chi connectivity index (χ1) is 5.36. The minimum atomic E-state index is 0.764. The van der Waals surface area contributed by atoms with Gasteiger partial charge in [-0.1, -0.05) is 6.92 Å². The Labute approximate surface area is 69.3 Å². The molecule has 0 spiro atoms. The van der Waals surface area contributed by atoms with E-state index < -0.39 is 0 Å². The van der Waals surface area contributed by atoms with E-state index in [4.69, 9.17) is 4.74 Å². The summed E-state index contributed by atoms with van der Waals surface area (Å²) < 4.78 is 5.12. The minimum absolute atomic E-state index is 0.764. The molecule has 11 heavy (non-hydrogen) atoms. The molecule has 0 radical (unpaired) electrons. The molecule has 0 saturated heterocycles. The average Bonchev–Trinajstić information content (AvgIpc) is 2.38. The van der Waals surface area contributed by atoms with Gasteiger partial charge in [0.1, 0.15) is 0 Å². The van der Waals surface area contributed by atoms with Crippen molar-refractivity contribution in [1.29, 1.82) is 0 Å². The molecule has 1 N–H and O–H groups in total. The van der Waals surface area contributed by atoms with Crippen LogP contribution in [0.1, 0.15) is 26.2 Å². The van der Waals surface area contributed by atoms with Crippen molar-refractivity contribution >= 4 is 0 Å². The standard InChI is InChI=1S/C9H19NO/c1-3-10-9-5-4-8(6-9)7-11-2/h8-10H,3-7H2,1-2H3. The van der Waals surface area contributed by atoms with E-state index in [1.165, 1.54) is 19.3 Å². The van der Waals surface area contributed by atoms with Gasteiger partial charge in [-0.2, -0.15) is 0 Å². The molecule has 2 unspecified atom stereocenters. The van der Waals surface area contributed by atoms with Crippen LogP contribution in [0.25, 0.3) is 0 Å². The van der Waals surface area contributed by atoms with Crippen molar-refractivity contribution in [2.45, 2.75) is 32.2 Å². The van der Waals surface area contributed by atoms with Crippen molar-refractivity contribution in [2.75, 3.05) is 20.3 Å². The number of methoxy groups -OCH3 is 1. The Morgan fingerprint density at radius 1 is 1.45 bits per heavy atom. The van der Waals surface area contributed by atoms with Gasteiger partial charge < -0.3 is 10.1 Å². The van der Waals surface area contributed by atoms with E-state index in [0.717, 1.165) is 25.1 Å². The first-order valence-electron chi connectivity index (χ1n) is 4.59. The molecule has 0 heterocycles. The number of hydrogen-bond acceptors (Lipinski definition) is 2. The lowest BCUT2D eigenvalue weighted by Gasteiger charge is -2.10. The molecule has 0 aromatic carbocycles. The van der Waals surface area contributed by atoms with Gasteiger partial charge in [-0.3, -0.25) is 0 Å². The van der Waals surface area contributed by atoms with E-state index in [2.05, 4.69) is 12.2 Å². The Morgan fingerprint density at radius 2 is 2.27 bits per heavy atom. The van der Waals surface area contributed by atoms with Crippen LogP contribution in [-0.4, -0.2) is 26.3 Å².